The second-order valence-electron chi connectivity index (χ2n) is 5.23. The molecule has 1 aromatic carbocycles. The molecule has 114 valence electrons. The van der Waals surface area contributed by atoms with E-state index in [0.29, 0.717) is 19.2 Å². The van der Waals surface area contributed by atoms with Crippen molar-refractivity contribution < 1.29 is 18.4 Å². The molecule has 1 atom stereocenters. The molecule has 1 aliphatic rings. The van der Waals surface area contributed by atoms with E-state index < -0.39 is 23.7 Å². The number of rotatable bonds is 2. The van der Waals surface area contributed by atoms with Crippen LogP contribution in [0.4, 0.5) is 19.3 Å². The van der Waals surface area contributed by atoms with E-state index in [1.165, 1.54) is 4.90 Å². The fourth-order valence-electron chi connectivity index (χ4n) is 2.35. The van der Waals surface area contributed by atoms with Crippen LogP contribution in [-0.4, -0.2) is 36.0 Å². The lowest BCUT2D eigenvalue weighted by atomic mass is 10.00. The molecule has 0 bridgehead atoms. The number of hydrogen-bond acceptors (Lipinski definition) is 2. The van der Waals surface area contributed by atoms with Crippen LogP contribution in [0.25, 0.3) is 0 Å². The predicted octanol–water partition coefficient (Wildman–Crippen LogP) is 1.95. The molecule has 2 rings (SSSR count). The summed E-state index contributed by atoms with van der Waals surface area (Å²) in [6.45, 7) is 4.34. The van der Waals surface area contributed by atoms with Gasteiger partial charge in [-0.15, -0.1) is 0 Å². The Bertz CT molecular complexity index is 563. The first-order valence-corrected chi connectivity index (χ1v) is 6.70. The molecule has 3 amide bonds. The zero-order chi connectivity index (χ0) is 15.6. The third-order valence-corrected chi connectivity index (χ3v) is 3.32. The molecule has 21 heavy (non-hydrogen) atoms. The summed E-state index contributed by atoms with van der Waals surface area (Å²) in [6.07, 6.45) is 0. The van der Waals surface area contributed by atoms with Gasteiger partial charge in [0.05, 0.1) is 5.69 Å². The summed E-state index contributed by atoms with van der Waals surface area (Å²) in [5, 5.41) is 5.07. The highest BCUT2D eigenvalue weighted by Crippen LogP contribution is 2.19. The number of hydrogen-bond donors (Lipinski definition) is 2. The number of nitrogens with zero attached hydrogens (tertiary/aromatic N) is 1. The summed E-state index contributed by atoms with van der Waals surface area (Å²) in [5.41, 5.74) is -0.116. The Morgan fingerprint density at radius 2 is 2.14 bits per heavy atom. The van der Waals surface area contributed by atoms with Gasteiger partial charge in [-0.2, -0.15) is 0 Å². The zero-order valence-electron chi connectivity index (χ0n) is 11.8. The van der Waals surface area contributed by atoms with Gasteiger partial charge in [-0.05, 0) is 18.1 Å². The lowest BCUT2D eigenvalue weighted by molar-refractivity contribution is -0.129. The summed E-state index contributed by atoms with van der Waals surface area (Å²) in [6, 6.07) is 1.72. The molecule has 7 heteroatoms. The minimum absolute atomic E-state index is 0.0749. The lowest BCUT2D eigenvalue weighted by Gasteiger charge is -2.37. The Labute approximate surface area is 121 Å². The Morgan fingerprint density at radius 3 is 2.76 bits per heavy atom. The van der Waals surface area contributed by atoms with Crippen molar-refractivity contribution in [2.24, 2.45) is 5.92 Å². The molecule has 2 N–H and O–H groups in total. The minimum Gasteiger partial charge on any atom is -0.353 e. The smallest absolute Gasteiger partial charge is 0.322 e. The highest BCUT2D eigenvalue weighted by molar-refractivity contribution is 5.94. The number of halogens is 2. The monoisotopic (exact) mass is 297 g/mol. The Hall–Kier alpha value is -2.18. The van der Waals surface area contributed by atoms with E-state index in [1.54, 1.807) is 0 Å². The van der Waals surface area contributed by atoms with Crippen LogP contribution < -0.4 is 10.6 Å². The van der Waals surface area contributed by atoms with Crippen LogP contribution in [0.3, 0.4) is 0 Å². The highest BCUT2D eigenvalue weighted by Gasteiger charge is 2.35. The van der Waals surface area contributed by atoms with Gasteiger partial charge in [-0.1, -0.05) is 13.8 Å². The number of carbonyl (C=O) groups is 2. The number of nitrogens with one attached hydrogen (secondary N) is 2. The molecular weight excluding hydrogens is 280 g/mol. The van der Waals surface area contributed by atoms with E-state index in [1.807, 2.05) is 13.8 Å². The number of piperazine rings is 1. The summed E-state index contributed by atoms with van der Waals surface area (Å²) >= 11 is 0. The molecule has 0 spiro atoms. The zero-order valence-corrected chi connectivity index (χ0v) is 11.8. The summed E-state index contributed by atoms with van der Waals surface area (Å²) in [4.78, 5) is 25.5. The van der Waals surface area contributed by atoms with Crippen LogP contribution in [0.1, 0.15) is 13.8 Å². The molecule has 1 fully saturated rings. The molecule has 1 aliphatic heterocycles. The first-order chi connectivity index (χ1) is 9.90. The average molecular weight is 297 g/mol. The van der Waals surface area contributed by atoms with Crippen LogP contribution >= 0.6 is 0 Å². The van der Waals surface area contributed by atoms with Gasteiger partial charge in [0.25, 0.3) is 0 Å². The SMILES string of the molecule is CC(C)[C@@H]1C(=O)NCCN1C(=O)Nc1ccc(F)cc1F. The van der Waals surface area contributed by atoms with E-state index in [-0.39, 0.29) is 17.5 Å². The predicted molar refractivity (Wildman–Crippen MR) is 73.7 cm³/mol. The number of carbonyl (C=O) groups excluding carboxylic acids is 2. The first-order valence-electron chi connectivity index (χ1n) is 6.70. The average Bonchev–Trinajstić information content (AvgIpc) is 2.41. The van der Waals surface area contributed by atoms with Gasteiger partial charge >= 0.3 is 6.03 Å². The van der Waals surface area contributed by atoms with Crippen molar-refractivity contribution in [1.82, 2.24) is 10.2 Å². The first kappa shape index (κ1) is 15.2. The van der Waals surface area contributed by atoms with Crippen LogP contribution in [0, 0.1) is 17.6 Å². The van der Waals surface area contributed by atoms with Gasteiger partial charge in [-0.25, -0.2) is 13.6 Å². The van der Waals surface area contributed by atoms with Crippen LogP contribution in [0.15, 0.2) is 18.2 Å². The third-order valence-electron chi connectivity index (χ3n) is 3.32. The maximum atomic E-state index is 13.6. The highest BCUT2D eigenvalue weighted by atomic mass is 19.1. The van der Waals surface area contributed by atoms with Crippen molar-refractivity contribution in [2.75, 3.05) is 18.4 Å². The fraction of sp³-hybridized carbons (Fsp3) is 0.429. The molecule has 0 saturated carbocycles. The fourth-order valence-corrected chi connectivity index (χ4v) is 2.35. The van der Waals surface area contributed by atoms with Gasteiger partial charge in [0.15, 0.2) is 0 Å². The van der Waals surface area contributed by atoms with Crippen molar-refractivity contribution in [3.63, 3.8) is 0 Å². The van der Waals surface area contributed by atoms with E-state index in [2.05, 4.69) is 10.6 Å². The second-order valence-corrected chi connectivity index (χ2v) is 5.23. The summed E-state index contributed by atoms with van der Waals surface area (Å²) in [7, 11) is 0. The van der Waals surface area contributed by atoms with Crippen molar-refractivity contribution >= 4 is 17.6 Å². The van der Waals surface area contributed by atoms with E-state index >= 15 is 0 Å². The minimum atomic E-state index is -0.856. The van der Waals surface area contributed by atoms with Gasteiger partial charge in [0.2, 0.25) is 5.91 Å². The molecule has 0 unspecified atom stereocenters. The molecular formula is C14H17F2N3O2. The normalized spacial score (nSPS) is 18.6. The van der Waals surface area contributed by atoms with Gasteiger partial charge in [0.1, 0.15) is 17.7 Å². The summed E-state index contributed by atoms with van der Waals surface area (Å²) in [5.74, 6) is -1.88. The van der Waals surface area contributed by atoms with Crippen molar-refractivity contribution in [3.8, 4) is 0 Å². The second kappa shape index (κ2) is 6.07. The Balaban J connectivity index is 2.16. The molecule has 0 aliphatic carbocycles. The summed E-state index contributed by atoms with van der Waals surface area (Å²) < 4.78 is 26.4. The number of benzene rings is 1. The number of urea groups is 1. The van der Waals surface area contributed by atoms with Crippen molar-refractivity contribution in [3.05, 3.63) is 29.8 Å². The van der Waals surface area contributed by atoms with Crippen LogP contribution in [-0.2, 0) is 4.79 Å². The quantitative estimate of drug-likeness (QED) is 0.876. The van der Waals surface area contributed by atoms with Gasteiger partial charge in [0, 0.05) is 19.2 Å². The molecule has 5 nitrogen and oxygen atoms in total. The Morgan fingerprint density at radius 1 is 1.43 bits per heavy atom. The largest absolute Gasteiger partial charge is 0.353 e. The van der Waals surface area contributed by atoms with E-state index in [4.69, 9.17) is 0 Å². The van der Waals surface area contributed by atoms with Gasteiger partial charge < -0.3 is 15.5 Å². The van der Waals surface area contributed by atoms with E-state index in [9.17, 15) is 18.4 Å². The topological polar surface area (TPSA) is 61.4 Å². The molecule has 1 saturated heterocycles. The van der Waals surface area contributed by atoms with Crippen LogP contribution in [0.5, 0.6) is 0 Å². The van der Waals surface area contributed by atoms with Crippen molar-refractivity contribution in [1.29, 1.82) is 0 Å². The number of anilines is 1. The van der Waals surface area contributed by atoms with E-state index in [0.717, 1.165) is 12.1 Å². The van der Waals surface area contributed by atoms with Crippen LogP contribution in [0.2, 0.25) is 0 Å². The van der Waals surface area contributed by atoms with Gasteiger partial charge in [-0.3, -0.25) is 4.79 Å². The van der Waals surface area contributed by atoms with Crippen molar-refractivity contribution in [2.45, 2.75) is 19.9 Å². The lowest BCUT2D eigenvalue weighted by Crippen LogP contribution is -2.60. The maximum absolute atomic E-state index is 13.6. The molecule has 1 heterocycles. The number of amides is 3. The molecule has 0 aromatic heterocycles. The maximum Gasteiger partial charge on any atom is 0.322 e. The molecule has 0 radical (unpaired) electrons. The third kappa shape index (κ3) is 3.29. The standard InChI is InChI=1S/C14H17F2N3O2/c1-8(2)12-13(20)17-5-6-19(12)14(21)18-11-4-3-9(15)7-10(11)16/h3-4,7-8,12H,5-6H2,1-2H3,(H,17,20)(H,18,21)/t12-/m1/s1. The molecule has 1 aromatic rings. The Kier molecular flexibility index (Phi) is 4.40.